The lowest BCUT2D eigenvalue weighted by Crippen LogP contribution is -2.42. The van der Waals surface area contributed by atoms with Crippen molar-refractivity contribution in [1.29, 1.82) is 0 Å². The van der Waals surface area contributed by atoms with E-state index in [1.54, 1.807) is 29.2 Å². The molecule has 0 unspecified atom stereocenters. The molecular formula is C31H30ClF2N3O4. The Morgan fingerprint density at radius 2 is 1.54 bits per heavy atom. The van der Waals surface area contributed by atoms with Gasteiger partial charge in [0.2, 0.25) is 0 Å². The van der Waals surface area contributed by atoms with Crippen molar-refractivity contribution >= 4 is 40.8 Å². The molecule has 41 heavy (non-hydrogen) atoms. The molecule has 3 amide bonds. The molecule has 1 aliphatic carbocycles. The number of amides is 3. The van der Waals surface area contributed by atoms with E-state index in [-0.39, 0.29) is 24.7 Å². The van der Waals surface area contributed by atoms with Crippen LogP contribution in [0.25, 0.3) is 5.57 Å². The molecule has 0 saturated heterocycles. The second-order valence-corrected chi connectivity index (χ2v) is 10.2. The van der Waals surface area contributed by atoms with Gasteiger partial charge in [-0.15, -0.1) is 0 Å². The number of urea groups is 1. The zero-order chi connectivity index (χ0) is 29.4. The largest absolute Gasteiger partial charge is 0.477 e. The molecule has 10 heteroatoms. The molecule has 0 radical (unpaired) electrons. The molecule has 4 rings (SSSR count). The summed E-state index contributed by atoms with van der Waals surface area (Å²) < 4.78 is 26.6. The summed E-state index contributed by atoms with van der Waals surface area (Å²) in [6.07, 6.45) is 6.70. The topological polar surface area (TPSA) is 98.7 Å². The highest BCUT2D eigenvalue weighted by atomic mass is 35.5. The summed E-state index contributed by atoms with van der Waals surface area (Å²) in [7, 11) is 0. The van der Waals surface area contributed by atoms with Crippen LogP contribution in [0.3, 0.4) is 0 Å². The Balaban J connectivity index is 1.49. The van der Waals surface area contributed by atoms with Gasteiger partial charge >= 0.3 is 17.9 Å². The molecule has 0 atom stereocenters. The molecule has 0 aliphatic heterocycles. The van der Waals surface area contributed by atoms with Gasteiger partial charge in [0, 0.05) is 22.8 Å². The number of carboxylic acids is 1. The number of hydrogen-bond donors (Lipinski definition) is 3. The van der Waals surface area contributed by atoms with Gasteiger partial charge in [0.15, 0.2) is 0 Å². The molecule has 3 aromatic carbocycles. The minimum absolute atomic E-state index is 0.0822. The molecule has 0 heterocycles. The van der Waals surface area contributed by atoms with Crippen molar-refractivity contribution < 1.29 is 28.3 Å². The number of allylic oxidation sites excluding steroid dienone is 2. The van der Waals surface area contributed by atoms with E-state index in [0.29, 0.717) is 16.3 Å². The van der Waals surface area contributed by atoms with Crippen molar-refractivity contribution in [3.8, 4) is 0 Å². The maximum absolute atomic E-state index is 13.4. The summed E-state index contributed by atoms with van der Waals surface area (Å²) >= 11 is 5.96. The summed E-state index contributed by atoms with van der Waals surface area (Å²) in [6.45, 7) is -0.859. The molecule has 0 aromatic heterocycles. The van der Waals surface area contributed by atoms with Gasteiger partial charge in [0.1, 0.15) is 0 Å². The highest BCUT2D eigenvalue weighted by Crippen LogP contribution is 2.29. The van der Waals surface area contributed by atoms with Crippen LogP contribution in [0.4, 0.5) is 19.3 Å². The number of alkyl halides is 2. The molecule has 3 aromatic rings. The maximum atomic E-state index is 13.4. The van der Waals surface area contributed by atoms with Crippen LogP contribution in [-0.2, 0) is 17.9 Å². The quantitative estimate of drug-likeness (QED) is 0.249. The van der Waals surface area contributed by atoms with Crippen LogP contribution >= 0.6 is 11.6 Å². The highest BCUT2D eigenvalue weighted by molar-refractivity contribution is 6.30. The molecule has 7 nitrogen and oxygen atoms in total. The standard InChI is InChI=1S/C31H30ClF2N3O4/c32-26-14-8-21(9-15-26)18-35-30(41)37(27-16-12-24(13-17-27)23-4-2-1-3-5-23)19-22-6-10-25(11-7-22)28(38)36-20-31(33,34)29(39)40/h4,6-17H,1-3,5,18-20H2,(H,35,41)(H,36,38)(H,39,40). The average Bonchev–Trinajstić information content (AvgIpc) is 2.99. The SMILES string of the molecule is O=C(NCC(F)(F)C(=O)O)c1ccc(CN(C(=O)NCc2ccc(Cl)cc2)c2ccc(C3=CCCCC3)cc2)cc1. The van der Waals surface area contributed by atoms with E-state index >= 15 is 0 Å². The average molecular weight is 582 g/mol. The van der Waals surface area contributed by atoms with Crippen LogP contribution in [0, 0.1) is 0 Å². The summed E-state index contributed by atoms with van der Waals surface area (Å²) in [4.78, 5) is 37.8. The number of carboxylic acid groups (broad SMARTS) is 1. The van der Waals surface area contributed by atoms with Gasteiger partial charge in [-0.3, -0.25) is 9.69 Å². The van der Waals surface area contributed by atoms with Gasteiger partial charge in [-0.05, 0) is 84.3 Å². The Hall–Kier alpha value is -4.24. The molecule has 214 valence electrons. The van der Waals surface area contributed by atoms with Gasteiger partial charge < -0.3 is 15.7 Å². The summed E-state index contributed by atoms with van der Waals surface area (Å²) in [5.41, 5.74) is 4.76. The number of anilines is 1. The number of carbonyl (C=O) groups is 3. The highest BCUT2D eigenvalue weighted by Gasteiger charge is 2.39. The number of nitrogens with one attached hydrogen (secondary N) is 2. The minimum atomic E-state index is -4.07. The van der Waals surface area contributed by atoms with E-state index in [1.165, 1.54) is 24.1 Å². The third kappa shape index (κ3) is 8.14. The molecule has 3 N–H and O–H groups in total. The van der Waals surface area contributed by atoms with Gasteiger partial charge in [0.05, 0.1) is 13.1 Å². The monoisotopic (exact) mass is 581 g/mol. The van der Waals surface area contributed by atoms with Crippen molar-refractivity contribution in [3.63, 3.8) is 0 Å². The fourth-order valence-electron chi connectivity index (χ4n) is 4.42. The Morgan fingerprint density at radius 1 is 0.878 bits per heavy atom. The molecule has 0 fully saturated rings. The first-order chi connectivity index (χ1) is 19.6. The van der Waals surface area contributed by atoms with E-state index in [9.17, 15) is 23.2 Å². The second kappa shape index (κ2) is 13.4. The third-order valence-electron chi connectivity index (χ3n) is 6.78. The third-order valence-corrected chi connectivity index (χ3v) is 7.04. The number of rotatable bonds is 10. The van der Waals surface area contributed by atoms with Crippen LogP contribution in [-0.4, -0.2) is 35.5 Å². The van der Waals surface area contributed by atoms with Crippen molar-refractivity contribution in [2.75, 3.05) is 11.4 Å². The summed E-state index contributed by atoms with van der Waals surface area (Å²) in [6, 6.07) is 20.7. The summed E-state index contributed by atoms with van der Waals surface area (Å²) in [5.74, 6) is -7.22. The van der Waals surface area contributed by atoms with E-state index in [2.05, 4.69) is 11.4 Å². The lowest BCUT2D eigenvalue weighted by atomic mass is 9.93. The summed E-state index contributed by atoms with van der Waals surface area (Å²) in [5, 5.41) is 14.0. The van der Waals surface area contributed by atoms with Crippen molar-refractivity contribution in [3.05, 3.63) is 106 Å². The van der Waals surface area contributed by atoms with Gasteiger partial charge in [-0.1, -0.05) is 54.1 Å². The Kier molecular flexibility index (Phi) is 9.73. The predicted molar refractivity (Wildman–Crippen MR) is 154 cm³/mol. The van der Waals surface area contributed by atoms with Crippen LogP contribution in [0.2, 0.25) is 5.02 Å². The van der Waals surface area contributed by atoms with E-state index in [0.717, 1.165) is 30.4 Å². The number of hydrogen-bond acceptors (Lipinski definition) is 3. The number of benzene rings is 3. The van der Waals surface area contributed by atoms with Crippen LogP contribution in [0.15, 0.2) is 78.9 Å². The first kappa shape index (κ1) is 29.7. The lowest BCUT2D eigenvalue weighted by Gasteiger charge is -2.24. The number of aliphatic carboxylic acids is 1. The minimum Gasteiger partial charge on any atom is -0.477 e. The van der Waals surface area contributed by atoms with Crippen LogP contribution in [0.1, 0.15) is 52.7 Å². The van der Waals surface area contributed by atoms with Gasteiger partial charge in [-0.25, -0.2) is 9.59 Å². The van der Waals surface area contributed by atoms with Crippen LogP contribution < -0.4 is 15.5 Å². The smallest absolute Gasteiger partial charge is 0.376 e. The fraction of sp³-hybridized carbons (Fsp3) is 0.258. The maximum Gasteiger partial charge on any atom is 0.376 e. The van der Waals surface area contributed by atoms with Gasteiger partial charge in [0.25, 0.3) is 5.91 Å². The fourth-order valence-corrected chi connectivity index (χ4v) is 4.55. The molecular weight excluding hydrogens is 552 g/mol. The normalized spacial score (nSPS) is 13.2. The number of halogens is 3. The zero-order valence-corrected chi connectivity index (χ0v) is 23.0. The lowest BCUT2D eigenvalue weighted by molar-refractivity contribution is -0.163. The first-order valence-electron chi connectivity index (χ1n) is 13.2. The predicted octanol–water partition coefficient (Wildman–Crippen LogP) is 6.66. The molecule has 0 saturated carbocycles. The number of nitrogens with zero attached hydrogens (tertiary/aromatic N) is 1. The van der Waals surface area contributed by atoms with Crippen molar-refractivity contribution in [1.82, 2.24) is 10.6 Å². The molecule has 1 aliphatic rings. The number of carbonyl (C=O) groups excluding carboxylic acids is 2. The van der Waals surface area contributed by atoms with E-state index in [1.807, 2.05) is 41.7 Å². The van der Waals surface area contributed by atoms with Crippen molar-refractivity contribution in [2.45, 2.75) is 44.7 Å². The Labute approximate surface area is 241 Å². The Morgan fingerprint density at radius 3 is 2.15 bits per heavy atom. The first-order valence-corrected chi connectivity index (χ1v) is 13.6. The van der Waals surface area contributed by atoms with Crippen LogP contribution in [0.5, 0.6) is 0 Å². The molecule has 0 spiro atoms. The second-order valence-electron chi connectivity index (χ2n) is 9.78. The van der Waals surface area contributed by atoms with Crippen molar-refractivity contribution in [2.24, 2.45) is 0 Å². The van der Waals surface area contributed by atoms with Gasteiger partial charge in [-0.2, -0.15) is 8.78 Å². The molecule has 0 bridgehead atoms. The Bertz CT molecular complexity index is 1410. The van der Waals surface area contributed by atoms with E-state index in [4.69, 9.17) is 16.7 Å². The van der Waals surface area contributed by atoms with E-state index < -0.39 is 24.3 Å². The zero-order valence-electron chi connectivity index (χ0n) is 22.2.